The molecule has 3 aromatic rings. The summed E-state index contributed by atoms with van der Waals surface area (Å²) in [6.07, 6.45) is 4.20. The van der Waals surface area contributed by atoms with Crippen molar-refractivity contribution in [2.45, 2.75) is 13.3 Å². The molecule has 1 heterocycles. The van der Waals surface area contributed by atoms with E-state index in [9.17, 15) is 0 Å². The average Bonchev–Trinajstić information content (AvgIpc) is 3.05. The lowest BCUT2D eigenvalue weighted by atomic mass is 10.1. The summed E-state index contributed by atoms with van der Waals surface area (Å²) in [5.74, 6) is 0.834. The lowest BCUT2D eigenvalue weighted by Gasteiger charge is -2.05. The summed E-state index contributed by atoms with van der Waals surface area (Å²) < 4.78 is 7.38. The first-order valence-electron chi connectivity index (χ1n) is 7.87. The van der Waals surface area contributed by atoms with Crippen molar-refractivity contribution in [2.75, 3.05) is 6.61 Å². The molecule has 1 aromatic heterocycles. The summed E-state index contributed by atoms with van der Waals surface area (Å²) in [4.78, 5) is 0. The summed E-state index contributed by atoms with van der Waals surface area (Å²) in [7, 11) is 0. The standard InChI is InChI=1S/C19H19N3O2/c1-2-12-24-18-10-8-15(9-11-18)19-16(13-20-23)14-22(21-19)17-6-4-3-5-7-17/h3-11,13-14,23H,2,12H2,1H3. The van der Waals surface area contributed by atoms with Crippen LogP contribution >= 0.6 is 0 Å². The fourth-order valence-corrected chi connectivity index (χ4v) is 2.41. The third-order valence-electron chi connectivity index (χ3n) is 3.56. The van der Waals surface area contributed by atoms with Crippen LogP contribution < -0.4 is 4.74 Å². The highest BCUT2D eigenvalue weighted by atomic mass is 16.5. The first-order valence-corrected chi connectivity index (χ1v) is 7.87. The molecule has 0 saturated heterocycles. The monoisotopic (exact) mass is 321 g/mol. The van der Waals surface area contributed by atoms with Crippen LogP contribution in [0.2, 0.25) is 0 Å². The van der Waals surface area contributed by atoms with Crippen molar-refractivity contribution in [3.8, 4) is 22.7 Å². The van der Waals surface area contributed by atoms with Gasteiger partial charge in [0.2, 0.25) is 0 Å². The highest BCUT2D eigenvalue weighted by Gasteiger charge is 2.11. The lowest BCUT2D eigenvalue weighted by Crippen LogP contribution is -1.95. The minimum absolute atomic E-state index is 0.699. The van der Waals surface area contributed by atoms with E-state index in [4.69, 9.17) is 9.94 Å². The highest BCUT2D eigenvalue weighted by molar-refractivity contribution is 5.88. The molecule has 0 amide bonds. The number of benzene rings is 2. The molecular formula is C19H19N3O2. The molecule has 5 nitrogen and oxygen atoms in total. The van der Waals surface area contributed by atoms with Crippen molar-refractivity contribution >= 4 is 6.21 Å². The van der Waals surface area contributed by atoms with E-state index in [1.807, 2.05) is 60.8 Å². The van der Waals surface area contributed by atoms with E-state index in [0.717, 1.165) is 34.7 Å². The predicted octanol–water partition coefficient (Wildman–Crippen LogP) is 4.14. The maximum Gasteiger partial charge on any atom is 0.119 e. The Morgan fingerprint density at radius 1 is 1.12 bits per heavy atom. The molecule has 122 valence electrons. The highest BCUT2D eigenvalue weighted by Crippen LogP contribution is 2.25. The van der Waals surface area contributed by atoms with Crippen LogP contribution in [0.3, 0.4) is 0 Å². The molecule has 0 aliphatic carbocycles. The van der Waals surface area contributed by atoms with Crippen LogP contribution in [0.15, 0.2) is 65.9 Å². The van der Waals surface area contributed by atoms with Crippen molar-refractivity contribution in [2.24, 2.45) is 5.16 Å². The molecular weight excluding hydrogens is 302 g/mol. The molecule has 0 spiro atoms. The SMILES string of the molecule is CCCOc1ccc(-c2nn(-c3ccccc3)cc2C=NO)cc1. The van der Waals surface area contributed by atoms with Gasteiger partial charge in [-0.05, 0) is 42.8 Å². The van der Waals surface area contributed by atoms with Crippen LogP contribution in [0, 0.1) is 0 Å². The molecule has 5 heteroatoms. The molecule has 24 heavy (non-hydrogen) atoms. The van der Waals surface area contributed by atoms with Gasteiger partial charge < -0.3 is 9.94 Å². The topological polar surface area (TPSA) is 59.6 Å². The van der Waals surface area contributed by atoms with Crippen LogP contribution in [0.1, 0.15) is 18.9 Å². The molecule has 0 aliphatic heterocycles. The zero-order valence-electron chi connectivity index (χ0n) is 13.5. The van der Waals surface area contributed by atoms with Crippen molar-refractivity contribution in [1.82, 2.24) is 9.78 Å². The van der Waals surface area contributed by atoms with Gasteiger partial charge in [0.1, 0.15) is 11.4 Å². The summed E-state index contributed by atoms with van der Waals surface area (Å²) in [5, 5.41) is 16.7. The Bertz CT molecular complexity index is 808. The second-order valence-electron chi connectivity index (χ2n) is 5.33. The minimum Gasteiger partial charge on any atom is -0.494 e. The van der Waals surface area contributed by atoms with E-state index in [-0.39, 0.29) is 0 Å². The molecule has 0 radical (unpaired) electrons. The summed E-state index contributed by atoms with van der Waals surface area (Å²) in [5.41, 5.74) is 3.37. The maximum absolute atomic E-state index is 8.92. The Morgan fingerprint density at radius 2 is 1.88 bits per heavy atom. The van der Waals surface area contributed by atoms with Gasteiger partial charge >= 0.3 is 0 Å². The van der Waals surface area contributed by atoms with E-state index in [0.29, 0.717) is 6.61 Å². The van der Waals surface area contributed by atoms with Gasteiger partial charge in [0.25, 0.3) is 0 Å². The Morgan fingerprint density at radius 3 is 2.54 bits per heavy atom. The van der Waals surface area contributed by atoms with Gasteiger partial charge in [-0.1, -0.05) is 30.3 Å². The van der Waals surface area contributed by atoms with Gasteiger partial charge in [0.15, 0.2) is 0 Å². The molecule has 0 bridgehead atoms. The first kappa shape index (κ1) is 15.8. The van der Waals surface area contributed by atoms with Gasteiger partial charge in [0, 0.05) is 17.3 Å². The van der Waals surface area contributed by atoms with Crippen LogP contribution in [-0.4, -0.2) is 27.8 Å². The molecule has 0 fully saturated rings. The number of hydrogen-bond donors (Lipinski definition) is 1. The fourth-order valence-electron chi connectivity index (χ4n) is 2.41. The van der Waals surface area contributed by atoms with Crippen molar-refractivity contribution in [1.29, 1.82) is 0 Å². The zero-order valence-corrected chi connectivity index (χ0v) is 13.5. The number of ether oxygens (including phenoxy) is 1. The molecule has 0 aliphatic rings. The number of aromatic nitrogens is 2. The quantitative estimate of drug-likeness (QED) is 0.422. The van der Waals surface area contributed by atoms with E-state index in [1.54, 1.807) is 4.68 Å². The van der Waals surface area contributed by atoms with Gasteiger partial charge in [-0.25, -0.2) is 4.68 Å². The van der Waals surface area contributed by atoms with E-state index in [1.165, 1.54) is 6.21 Å². The van der Waals surface area contributed by atoms with Crippen LogP contribution in [0.4, 0.5) is 0 Å². The summed E-state index contributed by atoms with van der Waals surface area (Å²) in [6.45, 7) is 2.77. The second kappa shape index (κ2) is 7.46. The number of nitrogens with zero attached hydrogens (tertiary/aromatic N) is 3. The van der Waals surface area contributed by atoms with Crippen LogP contribution in [-0.2, 0) is 0 Å². The zero-order chi connectivity index (χ0) is 16.8. The number of rotatable bonds is 6. The van der Waals surface area contributed by atoms with Gasteiger partial charge in [-0.3, -0.25) is 0 Å². The normalized spacial score (nSPS) is 11.0. The number of hydrogen-bond acceptors (Lipinski definition) is 4. The van der Waals surface area contributed by atoms with E-state index < -0.39 is 0 Å². The molecule has 1 N–H and O–H groups in total. The number of oxime groups is 1. The van der Waals surface area contributed by atoms with Crippen molar-refractivity contribution < 1.29 is 9.94 Å². The minimum atomic E-state index is 0.699. The van der Waals surface area contributed by atoms with Gasteiger partial charge in [-0.2, -0.15) is 5.10 Å². The molecule has 0 saturated carbocycles. The molecule has 0 unspecified atom stereocenters. The molecule has 3 rings (SSSR count). The summed E-state index contributed by atoms with van der Waals surface area (Å²) in [6, 6.07) is 17.6. The Balaban J connectivity index is 1.96. The summed E-state index contributed by atoms with van der Waals surface area (Å²) >= 11 is 0. The Kier molecular flexibility index (Phi) is 4.91. The fraction of sp³-hybridized carbons (Fsp3) is 0.158. The Labute approximate surface area is 140 Å². The number of para-hydroxylation sites is 1. The van der Waals surface area contributed by atoms with Crippen LogP contribution in [0.25, 0.3) is 16.9 Å². The third kappa shape index (κ3) is 3.46. The third-order valence-corrected chi connectivity index (χ3v) is 3.56. The Hall–Kier alpha value is -3.08. The van der Waals surface area contributed by atoms with Gasteiger partial charge in [-0.15, -0.1) is 0 Å². The maximum atomic E-state index is 8.92. The van der Waals surface area contributed by atoms with Crippen molar-refractivity contribution in [3.63, 3.8) is 0 Å². The van der Waals surface area contributed by atoms with E-state index >= 15 is 0 Å². The second-order valence-corrected chi connectivity index (χ2v) is 5.33. The van der Waals surface area contributed by atoms with E-state index in [2.05, 4.69) is 17.2 Å². The smallest absolute Gasteiger partial charge is 0.119 e. The first-order chi connectivity index (χ1) is 11.8. The van der Waals surface area contributed by atoms with Gasteiger partial charge in [0.05, 0.1) is 18.5 Å². The predicted molar refractivity (Wildman–Crippen MR) is 94.2 cm³/mol. The van der Waals surface area contributed by atoms with Crippen molar-refractivity contribution in [3.05, 3.63) is 66.4 Å². The molecule has 2 aromatic carbocycles. The van der Waals surface area contributed by atoms with Crippen LogP contribution in [0.5, 0.6) is 5.75 Å². The average molecular weight is 321 g/mol. The largest absolute Gasteiger partial charge is 0.494 e. The lowest BCUT2D eigenvalue weighted by molar-refractivity contribution is 0.317. The molecule has 0 atom stereocenters.